The molecule has 0 aromatic carbocycles. The van der Waals surface area contributed by atoms with Gasteiger partial charge in [0, 0.05) is 25.1 Å². The van der Waals surface area contributed by atoms with Crippen molar-refractivity contribution in [2.24, 2.45) is 0 Å². The number of rotatable bonds is 4. The van der Waals surface area contributed by atoms with Gasteiger partial charge in [0.25, 0.3) is 0 Å². The molecule has 3 nitrogen and oxygen atoms in total. The Morgan fingerprint density at radius 3 is 2.75 bits per heavy atom. The zero-order valence-corrected chi connectivity index (χ0v) is 10.8. The minimum Gasteiger partial charge on any atom is -0.357 e. The fraction of sp³-hybridized carbons (Fsp3) is 0.667. The van der Waals surface area contributed by atoms with Gasteiger partial charge in [-0.15, -0.1) is 0 Å². The third-order valence-electron chi connectivity index (χ3n) is 3.25. The number of hydrogen-bond acceptors (Lipinski definition) is 3. The van der Waals surface area contributed by atoms with Crippen molar-refractivity contribution in [1.82, 2.24) is 9.97 Å². The number of anilines is 1. The van der Waals surface area contributed by atoms with Crippen LogP contribution in [0.4, 0.5) is 5.82 Å². The first kappa shape index (κ1) is 11.6. The van der Waals surface area contributed by atoms with Crippen molar-refractivity contribution in [3.63, 3.8) is 0 Å². The maximum atomic E-state index is 6.04. The maximum absolute atomic E-state index is 6.04. The second-order valence-electron chi connectivity index (χ2n) is 4.55. The summed E-state index contributed by atoms with van der Waals surface area (Å²) < 4.78 is 0. The molecular weight excluding hydrogens is 222 g/mol. The first-order valence-corrected chi connectivity index (χ1v) is 6.27. The van der Waals surface area contributed by atoms with Crippen molar-refractivity contribution >= 4 is 17.4 Å². The molecule has 0 amide bonds. The van der Waals surface area contributed by atoms with E-state index in [1.807, 2.05) is 6.07 Å². The molecule has 0 N–H and O–H groups in total. The summed E-state index contributed by atoms with van der Waals surface area (Å²) in [6, 6.07) is 2.32. The van der Waals surface area contributed by atoms with Gasteiger partial charge in [-0.2, -0.15) is 0 Å². The quantitative estimate of drug-likeness (QED) is 0.756. The van der Waals surface area contributed by atoms with Gasteiger partial charge in [0.15, 0.2) is 0 Å². The lowest BCUT2D eigenvalue weighted by Crippen LogP contribution is -2.29. The van der Waals surface area contributed by atoms with Crippen LogP contribution in [0.2, 0.25) is 5.15 Å². The Labute approximate surface area is 102 Å². The Bertz CT molecular complexity index is 377. The predicted octanol–water partition coefficient (Wildman–Crippen LogP) is 3.24. The zero-order chi connectivity index (χ0) is 11.7. The van der Waals surface area contributed by atoms with E-state index in [0.29, 0.717) is 17.1 Å². The third-order valence-corrected chi connectivity index (χ3v) is 3.45. The summed E-state index contributed by atoms with van der Waals surface area (Å²) in [7, 11) is 2.06. The fourth-order valence-corrected chi connectivity index (χ4v) is 1.81. The van der Waals surface area contributed by atoms with Gasteiger partial charge in [0.1, 0.15) is 16.8 Å². The van der Waals surface area contributed by atoms with Gasteiger partial charge in [-0.1, -0.05) is 18.5 Å². The zero-order valence-electron chi connectivity index (χ0n) is 10.1. The molecule has 1 saturated carbocycles. The molecule has 1 atom stereocenters. The van der Waals surface area contributed by atoms with Crippen molar-refractivity contribution in [3.8, 4) is 0 Å². The van der Waals surface area contributed by atoms with E-state index in [-0.39, 0.29) is 0 Å². The van der Waals surface area contributed by atoms with E-state index in [2.05, 4.69) is 35.8 Å². The van der Waals surface area contributed by atoms with E-state index < -0.39 is 0 Å². The van der Waals surface area contributed by atoms with E-state index in [4.69, 9.17) is 11.6 Å². The summed E-state index contributed by atoms with van der Waals surface area (Å²) in [6.07, 6.45) is 3.50. The van der Waals surface area contributed by atoms with Crippen LogP contribution in [-0.2, 0) is 0 Å². The van der Waals surface area contributed by atoms with Crippen LogP contribution in [0.5, 0.6) is 0 Å². The summed E-state index contributed by atoms with van der Waals surface area (Å²) in [6.45, 7) is 4.36. The van der Waals surface area contributed by atoms with Crippen LogP contribution in [0.15, 0.2) is 6.07 Å². The van der Waals surface area contributed by atoms with Gasteiger partial charge in [-0.25, -0.2) is 9.97 Å². The van der Waals surface area contributed by atoms with Crippen molar-refractivity contribution in [3.05, 3.63) is 17.0 Å². The van der Waals surface area contributed by atoms with Gasteiger partial charge >= 0.3 is 0 Å². The molecule has 2 rings (SSSR count). The van der Waals surface area contributed by atoms with Crippen LogP contribution in [0, 0.1) is 0 Å². The first-order valence-electron chi connectivity index (χ1n) is 5.89. The standard InChI is InChI=1S/C12H18ClN3/c1-4-8(2)16(3)11-7-10(13)14-12(15-11)9-5-6-9/h7-9H,4-6H2,1-3H3. The maximum Gasteiger partial charge on any atom is 0.135 e. The molecule has 1 aromatic rings. The molecule has 1 aliphatic rings. The molecule has 1 aromatic heterocycles. The lowest BCUT2D eigenvalue weighted by molar-refractivity contribution is 0.653. The van der Waals surface area contributed by atoms with E-state index >= 15 is 0 Å². The molecular formula is C12H18ClN3. The molecule has 4 heteroatoms. The summed E-state index contributed by atoms with van der Waals surface area (Å²) >= 11 is 6.04. The van der Waals surface area contributed by atoms with E-state index in [1.54, 1.807) is 0 Å². The predicted molar refractivity (Wildman–Crippen MR) is 67.2 cm³/mol. The van der Waals surface area contributed by atoms with Crippen LogP contribution in [0.25, 0.3) is 0 Å². The molecule has 1 unspecified atom stereocenters. The Kier molecular flexibility index (Phi) is 3.33. The summed E-state index contributed by atoms with van der Waals surface area (Å²) in [5.41, 5.74) is 0. The lowest BCUT2D eigenvalue weighted by Gasteiger charge is -2.25. The summed E-state index contributed by atoms with van der Waals surface area (Å²) in [4.78, 5) is 11.1. The normalized spacial score (nSPS) is 17.2. The molecule has 1 aliphatic carbocycles. The molecule has 0 saturated heterocycles. The van der Waals surface area contributed by atoms with E-state index in [1.165, 1.54) is 12.8 Å². The first-order chi connectivity index (χ1) is 7.61. The van der Waals surface area contributed by atoms with Crippen molar-refractivity contribution < 1.29 is 0 Å². The Morgan fingerprint density at radius 1 is 1.50 bits per heavy atom. The smallest absolute Gasteiger partial charge is 0.135 e. The second kappa shape index (κ2) is 4.58. The lowest BCUT2D eigenvalue weighted by atomic mass is 10.2. The second-order valence-corrected chi connectivity index (χ2v) is 4.94. The van der Waals surface area contributed by atoms with Crippen molar-refractivity contribution in [2.45, 2.75) is 45.1 Å². The fourth-order valence-electron chi connectivity index (χ4n) is 1.63. The topological polar surface area (TPSA) is 29.0 Å². The third kappa shape index (κ3) is 2.46. The van der Waals surface area contributed by atoms with Crippen molar-refractivity contribution in [2.75, 3.05) is 11.9 Å². The summed E-state index contributed by atoms with van der Waals surface area (Å²) in [5.74, 6) is 2.40. The molecule has 1 heterocycles. The van der Waals surface area contributed by atoms with Gasteiger partial charge in [0.2, 0.25) is 0 Å². The number of aromatic nitrogens is 2. The molecule has 88 valence electrons. The SMILES string of the molecule is CCC(C)N(C)c1cc(Cl)nc(C2CC2)n1. The minimum absolute atomic E-state index is 0.470. The molecule has 1 fully saturated rings. The Hall–Kier alpha value is -0.830. The Balaban J connectivity index is 2.25. The van der Waals surface area contributed by atoms with E-state index in [0.717, 1.165) is 18.1 Å². The number of nitrogens with zero attached hydrogens (tertiary/aromatic N) is 3. The molecule has 0 radical (unpaired) electrons. The van der Waals surface area contributed by atoms with Gasteiger partial charge in [-0.05, 0) is 26.2 Å². The Morgan fingerprint density at radius 2 is 2.19 bits per heavy atom. The van der Waals surface area contributed by atoms with Crippen molar-refractivity contribution in [1.29, 1.82) is 0 Å². The molecule has 0 spiro atoms. The van der Waals surface area contributed by atoms with Crippen LogP contribution in [-0.4, -0.2) is 23.1 Å². The van der Waals surface area contributed by atoms with Crippen LogP contribution in [0.3, 0.4) is 0 Å². The minimum atomic E-state index is 0.470. The highest BCUT2D eigenvalue weighted by Crippen LogP contribution is 2.39. The highest BCUT2D eigenvalue weighted by molar-refractivity contribution is 6.29. The average molecular weight is 240 g/mol. The van der Waals surface area contributed by atoms with Gasteiger partial charge < -0.3 is 4.90 Å². The molecule has 0 bridgehead atoms. The monoisotopic (exact) mass is 239 g/mol. The number of halogens is 1. The van der Waals surface area contributed by atoms with E-state index in [9.17, 15) is 0 Å². The molecule has 0 aliphatic heterocycles. The number of hydrogen-bond donors (Lipinski definition) is 0. The average Bonchev–Trinajstić information content (AvgIpc) is 3.10. The highest BCUT2D eigenvalue weighted by atomic mass is 35.5. The highest BCUT2D eigenvalue weighted by Gasteiger charge is 2.27. The van der Waals surface area contributed by atoms with Crippen LogP contribution >= 0.6 is 11.6 Å². The summed E-state index contributed by atoms with van der Waals surface area (Å²) in [5, 5.41) is 0.557. The molecule has 16 heavy (non-hydrogen) atoms. The largest absolute Gasteiger partial charge is 0.357 e. The van der Waals surface area contributed by atoms with Gasteiger partial charge in [-0.3, -0.25) is 0 Å². The van der Waals surface area contributed by atoms with Crippen LogP contribution < -0.4 is 4.90 Å². The van der Waals surface area contributed by atoms with Gasteiger partial charge in [0.05, 0.1) is 0 Å². The van der Waals surface area contributed by atoms with Crippen LogP contribution in [0.1, 0.15) is 44.9 Å².